The summed E-state index contributed by atoms with van der Waals surface area (Å²) in [6.07, 6.45) is 2.79. The van der Waals surface area contributed by atoms with Gasteiger partial charge in [0.1, 0.15) is 0 Å². The van der Waals surface area contributed by atoms with E-state index >= 15 is 0 Å². The maximum Gasteiger partial charge on any atom is 0.265 e. The van der Waals surface area contributed by atoms with Crippen molar-refractivity contribution in [3.63, 3.8) is 0 Å². The van der Waals surface area contributed by atoms with Crippen molar-refractivity contribution < 1.29 is 13.2 Å². The van der Waals surface area contributed by atoms with E-state index < -0.39 is 10.0 Å². The molecule has 2 heterocycles. The van der Waals surface area contributed by atoms with Gasteiger partial charge in [0.2, 0.25) is 10.0 Å². The van der Waals surface area contributed by atoms with Crippen molar-refractivity contribution in [2.45, 2.75) is 24.2 Å². The van der Waals surface area contributed by atoms with Gasteiger partial charge in [-0.3, -0.25) is 4.79 Å². The molecule has 0 atom stereocenters. The lowest BCUT2D eigenvalue weighted by molar-refractivity contribution is 0.103. The molecule has 6 nitrogen and oxygen atoms in total. The third-order valence-corrected chi connectivity index (χ3v) is 6.98. The maximum atomic E-state index is 12.6. The molecule has 1 aromatic carbocycles. The first-order valence-corrected chi connectivity index (χ1v) is 10.2. The van der Waals surface area contributed by atoms with E-state index in [9.17, 15) is 13.2 Å². The van der Waals surface area contributed by atoms with Crippen LogP contribution < -0.4 is 5.32 Å². The quantitative estimate of drug-likeness (QED) is 0.889. The number of nitriles is 1. The average molecular weight is 375 g/mol. The summed E-state index contributed by atoms with van der Waals surface area (Å²) in [4.78, 5) is 12.8. The number of carbonyl (C=O) groups excluding carboxylic acids is 1. The van der Waals surface area contributed by atoms with Crippen molar-refractivity contribution in [3.8, 4) is 6.07 Å². The fourth-order valence-corrected chi connectivity index (χ4v) is 5.32. The number of amides is 1. The molecular weight excluding hydrogens is 358 g/mol. The van der Waals surface area contributed by atoms with Gasteiger partial charge >= 0.3 is 0 Å². The van der Waals surface area contributed by atoms with Crippen LogP contribution in [0.3, 0.4) is 0 Å². The monoisotopic (exact) mass is 375 g/mol. The number of benzene rings is 1. The summed E-state index contributed by atoms with van der Waals surface area (Å²) in [5, 5.41) is 13.0. The summed E-state index contributed by atoms with van der Waals surface area (Å²) in [6.45, 7) is 1.07. The van der Waals surface area contributed by atoms with Gasteiger partial charge < -0.3 is 5.32 Å². The van der Waals surface area contributed by atoms with E-state index in [4.69, 9.17) is 5.26 Å². The number of piperidine rings is 1. The Hall–Kier alpha value is -2.21. The molecule has 8 heteroatoms. The summed E-state index contributed by atoms with van der Waals surface area (Å²) in [7, 11) is -3.53. The lowest BCUT2D eigenvalue weighted by Crippen LogP contribution is -2.35. The van der Waals surface area contributed by atoms with Gasteiger partial charge in [-0.25, -0.2) is 8.42 Å². The van der Waals surface area contributed by atoms with Crippen LogP contribution >= 0.6 is 11.3 Å². The topological polar surface area (TPSA) is 90.3 Å². The lowest BCUT2D eigenvalue weighted by atomic mass is 10.2. The van der Waals surface area contributed by atoms with Gasteiger partial charge in [-0.15, -0.1) is 11.3 Å². The Labute approximate surface area is 150 Å². The van der Waals surface area contributed by atoms with Crippen molar-refractivity contribution in [2.75, 3.05) is 18.4 Å². The normalized spacial score (nSPS) is 15.5. The number of nitrogens with zero attached hydrogens (tertiary/aromatic N) is 2. The van der Waals surface area contributed by atoms with Crippen molar-refractivity contribution in [2.24, 2.45) is 0 Å². The Morgan fingerprint density at radius 1 is 1.16 bits per heavy atom. The Balaban J connectivity index is 1.73. The Kier molecular flexibility index (Phi) is 5.18. The summed E-state index contributed by atoms with van der Waals surface area (Å²) >= 11 is 1.11. The molecule has 2 aromatic rings. The molecule has 1 aliphatic rings. The van der Waals surface area contributed by atoms with E-state index in [1.807, 2.05) is 6.07 Å². The highest BCUT2D eigenvalue weighted by Crippen LogP contribution is 2.25. The molecule has 0 bridgehead atoms. The number of rotatable bonds is 4. The predicted octanol–water partition coefficient (Wildman–Crippen LogP) is 3.05. The summed E-state index contributed by atoms with van der Waals surface area (Å²) in [6, 6.07) is 9.92. The van der Waals surface area contributed by atoms with E-state index in [0.717, 1.165) is 30.6 Å². The van der Waals surface area contributed by atoms with Gasteiger partial charge in [0.05, 0.1) is 21.4 Å². The number of carbonyl (C=O) groups is 1. The number of sulfonamides is 1. The van der Waals surface area contributed by atoms with Crippen LogP contribution in [0.1, 0.15) is 34.5 Å². The number of nitrogens with one attached hydrogen (secondary N) is 1. The minimum absolute atomic E-state index is 0.171. The zero-order valence-electron chi connectivity index (χ0n) is 13.4. The van der Waals surface area contributed by atoms with E-state index in [-0.39, 0.29) is 10.8 Å². The Morgan fingerprint density at radius 3 is 2.48 bits per heavy atom. The average Bonchev–Trinajstić information content (AvgIpc) is 3.14. The number of hydrogen-bond donors (Lipinski definition) is 1. The van der Waals surface area contributed by atoms with Crippen LogP contribution in [-0.4, -0.2) is 31.7 Å². The van der Waals surface area contributed by atoms with Gasteiger partial charge in [0.25, 0.3) is 5.91 Å². The molecule has 0 spiro atoms. The van der Waals surface area contributed by atoms with Crippen LogP contribution in [-0.2, 0) is 10.0 Å². The molecule has 1 aliphatic heterocycles. The first kappa shape index (κ1) is 17.6. The molecule has 1 amide bonds. The van der Waals surface area contributed by atoms with E-state index in [1.165, 1.54) is 15.8 Å². The highest BCUT2D eigenvalue weighted by atomic mass is 32.2. The molecule has 130 valence electrons. The summed E-state index contributed by atoms with van der Waals surface area (Å²) in [5.74, 6) is -0.366. The van der Waals surface area contributed by atoms with Crippen molar-refractivity contribution in [1.82, 2.24) is 4.31 Å². The van der Waals surface area contributed by atoms with Gasteiger partial charge in [-0.1, -0.05) is 6.42 Å². The molecule has 3 rings (SSSR count). The van der Waals surface area contributed by atoms with Crippen LogP contribution in [0.15, 0.2) is 40.6 Å². The highest BCUT2D eigenvalue weighted by Gasteiger charge is 2.27. The molecule has 1 aromatic heterocycles. The molecule has 25 heavy (non-hydrogen) atoms. The van der Waals surface area contributed by atoms with E-state index in [2.05, 4.69) is 5.32 Å². The zero-order valence-corrected chi connectivity index (χ0v) is 15.1. The largest absolute Gasteiger partial charge is 0.321 e. The van der Waals surface area contributed by atoms with E-state index in [1.54, 1.807) is 24.3 Å². The van der Waals surface area contributed by atoms with Crippen LogP contribution in [0.4, 0.5) is 5.69 Å². The second kappa shape index (κ2) is 7.35. The Bertz CT molecular complexity index is 905. The Morgan fingerprint density at radius 2 is 1.84 bits per heavy atom. The molecule has 0 radical (unpaired) electrons. The molecular formula is C17H17N3O3S2. The second-order valence-corrected chi connectivity index (χ2v) is 8.60. The van der Waals surface area contributed by atoms with Crippen molar-refractivity contribution in [3.05, 3.63) is 46.2 Å². The first-order chi connectivity index (χ1) is 12.0. The maximum absolute atomic E-state index is 12.6. The predicted molar refractivity (Wildman–Crippen MR) is 96.0 cm³/mol. The van der Waals surface area contributed by atoms with Gasteiger partial charge in [-0.2, -0.15) is 9.57 Å². The standard InChI is InChI=1S/C17H17N3O3S2/c18-11-13-4-6-14(7-5-13)19-17(21)16-10-15(12-24-16)25(22,23)20-8-2-1-3-9-20/h4-7,10,12H,1-3,8-9H2,(H,19,21). The van der Waals surface area contributed by atoms with Gasteiger partial charge in [0.15, 0.2) is 0 Å². The molecule has 1 fully saturated rings. The van der Waals surface area contributed by atoms with Crippen molar-refractivity contribution in [1.29, 1.82) is 5.26 Å². The number of hydrogen-bond acceptors (Lipinski definition) is 5. The van der Waals surface area contributed by atoms with Crippen molar-refractivity contribution >= 4 is 33.0 Å². The highest BCUT2D eigenvalue weighted by molar-refractivity contribution is 7.89. The fraction of sp³-hybridized carbons (Fsp3) is 0.294. The summed E-state index contributed by atoms with van der Waals surface area (Å²) in [5.41, 5.74) is 1.06. The summed E-state index contributed by atoms with van der Waals surface area (Å²) < 4.78 is 26.7. The second-order valence-electron chi connectivity index (χ2n) is 5.75. The number of thiophene rings is 1. The molecule has 1 saturated heterocycles. The minimum atomic E-state index is -3.53. The van der Waals surface area contributed by atoms with Crippen LogP contribution in [0, 0.1) is 11.3 Å². The van der Waals surface area contributed by atoms with Crippen LogP contribution in [0.25, 0.3) is 0 Å². The molecule has 0 aliphatic carbocycles. The fourth-order valence-electron chi connectivity index (χ4n) is 2.65. The van der Waals surface area contributed by atoms with E-state index in [0.29, 0.717) is 29.2 Å². The number of anilines is 1. The molecule has 0 unspecified atom stereocenters. The lowest BCUT2D eigenvalue weighted by Gasteiger charge is -2.25. The molecule has 1 N–H and O–H groups in total. The third kappa shape index (κ3) is 3.90. The van der Waals surface area contributed by atoms with Crippen LogP contribution in [0.2, 0.25) is 0 Å². The van der Waals surface area contributed by atoms with Gasteiger partial charge in [0, 0.05) is 24.2 Å². The van der Waals surface area contributed by atoms with Gasteiger partial charge in [-0.05, 0) is 43.2 Å². The SMILES string of the molecule is N#Cc1ccc(NC(=O)c2cc(S(=O)(=O)N3CCCCC3)cs2)cc1. The zero-order chi connectivity index (χ0) is 17.9. The smallest absolute Gasteiger partial charge is 0.265 e. The third-order valence-electron chi connectivity index (χ3n) is 4.02. The van der Waals surface area contributed by atoms with Crippen LogP contribution in [0.5, 0.6) is 0 Å². The minimum Gasteiger partial charge on any atom is -0.321 e. The molecule has 0 saturated carbocycles. The first-order valence-electron chi connectivity index (χ1n) is 7.91.